The van der Waals surface area contributed by atoms with Gasteiger partial charge in [0.2, 0.25) is 0 Å². The van der Waals surface area contributed by atoms with Crippen LogP contribution < -0.4 is 0 Å². The highest BCUT2D eigenvalue weighted by molar-refractivity contribution is 5.70. The number of nitrogens with zero attached hydrogens (tertiary/aromatic N) is 1. The van der Waals surface area contributed by atoms with Gasteiger partial charge in [-0.05, 0) is 47.0 Å². The van der Waals surface area contributed by atoms with Crippen LogP contribution in [0.25, 0.3) is 0 Å². The van der Waals surface area contributed by atoms with Crippen LogP contribution in [0.5, 0.6) is 0 Å². The predicted molar refractivity (Wildman–Crippen MR) is 60.1 cm³/mol. The van der Waals surface area contributed by atoms with E-state index < -0.39 is 11.2 Å². The van der Waals surface area contributed by atoms with Crippen LogP contribution in [0.15, 0.2) is 0 Å². The molecule has 2 bridgehead atoms. The Morgan fingerprint density at radius 3 is 2.31 bits per heavy atom. The summed E-state index contributed by atoms with van der Waals surface area (Å²) < 4.78 is 5.35. The monoisotopic (exact) mass is 227 g/mol. The smallest absolute Gasteiger partial charge is 0.410 e. The number of amides is 1. The molecule has 92 valence electrons. The molecule has 2 saturated heterocycles. The van der Waals surface area contributed by atoms with Gasteiger partial charge in [-0.3, -0.25) is 0 Å². The molecule has 0 aromatic heterocycles. The highest BCUT2D eigenvalue weighted by Gasteiger charge is 2.52. The maximum Gasteiger partial charge on any atom is 0.410 e. The summed E-state index contributed by atoms with van der Waals surface area (Å²) in [5.74, 6) is 0. The van der Waals surface area contributed by atoms with Gasteiger partial charge in [0, 0.05) is 12.1 Å². The molecule has 0 aromatic rings. The molecular formula is C12H21NO3. The molecule has 3 aliphatic rings. The van der Waals surface area contributed by atoms with Gasteiger partial charge in [0.15, 0.2) is 0 Å². The molecule has 3 rings (SSSR count). The topological polar surface area (TPSA) is 49.8 Å². The van der Waals surface area contributed by atoms with Crippen molar-refractivity contribution in [2.45, 2.75) is 70.2 Å². The first-order chi connectivity index (χ1) is 7.18. The zero-order chi connectivity index (χ0) is 12.1. The van der Waals surface area contributed by atoms with Gasteiger partial charge in [-0.25, -0.2) is 4.79 Å². The van der Waals surface area contributed by atoms with Gasteiger partial charge in [-0.2, -0.15) is 0 Å². The number of hydrogen-bond acceptors (Lipinski definition) is 3. The van der Waals surface area contributed by atoms with Crippen LogP contribution in [0.4, 0.5) is 4.79 Å². The molecule has 0 spiro atoms. The molecule has 1 N–H and O–H groups in total. The molecule has 2 heterocycles. The molecular weight excluding hydrogens is 206 g/mol. The van der Waals surface area contributed by atoms with Gasteiger partial charge in [-0.1, -0.05) is 0 Å². The second kappa shape index (κ2) is 3.36. The molecule has 4 heteroatoms. The zero-order valence-electron chi connectivity index (χ0n) is 10.5. The van der Waals surface area contributed by atoms with Crippen molar-refractivity contribution in [3.63, 3.8) is 0 Å². The van der Waals surface area contributed by atoms with E-state index >= 15 is 0 Å². The quantitative estimate of drug-likeness (QED) is 0.687. The number of carbonyl (C=O) groups is 1. The maximum atomic E-state index is 11.9. The summed E-state index contributed by atoms with van der Waals surface area (Å²) in [6.45, 7) is 7.46. The second-order valence-corrected chi connectivity index (χ2v) is 6.34. The Morgan fingerprint density at radius 1 is 1.38 bits per heavy atom. The average Bonchev–Trinajstić information content (AvgIpc) is 1.95. The summed E-state index contributed by atoms with van der Waals surface area (Å²) in [4.78, 5) is 13.7. The first-order valence-corrected chi connectivity index (χ1v) is 5.92. The van der Waals surface area contributed by atoms with Crippen LogP contribution in [-0.2, 0) is 4.74 Å². The van der Waals surface area contributed by atoms with Crippen molar-refractivity contribution in [1.29, 1.82) is 0 Å². The van der Waals surface area contributed by atoms with Crippen molar-refractivity contribution < 1.29 is 14.6 Å². The Balaban J connectivity index is 1.97. The summed E-state index contributed by atoms with van der Waals surface area (Å²) in [6, 6.07) is 0.340. The summed E-state index contributed by atoms with van der Waals surface area (Å²) in [5.41, 5.74) is -1.05. The van der Waals surface area contributed by atoms with E-state index in [1.807, 2.05) is 27.7 Å². The molecule has 1 saturated carbocycles. The Morgan fingerprint density at radius 2 is 1.88 bits per heavy atom. The van der Waals surface area contributed by atoms with Gasteiger partial charge < -0.3 is 14.7 Å². The molecule has 16 heavy (non-hydrogen) atoms. The molecule has 0 aromatic carbocycles. The van der Waals surface area contributed by atoms with Crippen LogP contribution in [0.2, 0.25) is 0 Å². The van der Waals surface area contributed by atoms with Gasteiger partial charge >= 0.3 is 6.09 Å². The molecule has 3 fully saturated rings. The molecule has 2 aliphatic heterocycles. The first kappa shape index (κ1) is 11.7. The number of ether oxygens (including phenoxy) is 1. The zero-order valence-corrected chi connectivity index (χ0v) is 10.5. The van der Waals surface area contributed by atoms with Crippen molar-refractivity contribution in [1.82, 2.24) is 4.90 Å². The third kappa shape index (κ3) is 2.17. The molecule has 2 atom stereocenters. The van der Waals surface area contributed by atoms with Crippen LogP contribution in [0.3, 0.4) is 0 Å². The van der Waals surface area contributed by atoms with E-state index in [9.17, 15) is 9.90 Å². The number of aliphatic hydroxyl groups is 1. The number of piperidine rings is 1. The second-order valence-electron chi connectivity index (χ2n) is 6.34. The molecule has 4 nitrogen and oxygen atoms in total. The predicted octanol–water partition coefficient (Wildman–Crippen LogP) is 1.91. The minimum Gasteiger partial charge on any atom is -0.444 e. The van der Waals surface area contributed by atoms with Gasteiger partial charge in [-0.15, -0.1) is 0 Å². The SMILES string of the molecule is CC1(O)CC2CC(C1)N2C(=O)OC(C)(C)C. The third-order valence-corrected chi connectivity index (χ3v) is 3.29. The van der Waals surface area contributed by atoms with Crippen molar-refractivity contribution >= 4 is 6.09 Å². The summed E-state index contributed by atoms with van der Waals surface area (Å²) >= 11 is 0. The Labute approximate surface area is 96.6 Å². The Kier molecular flexibility index (Phi) is 2.46. The van der Waals surface area contributed by atoms with Crippen LogP contribution in [-0.4, -0.2) is 39.4 Å². The van der Waals surface area contributed by atoms with E-state index in [4.69, 9.17) is 4.74 Å². The molecule has 1 aliphatic carbocycles. The Bertz CT molecular complexity index is 292. The van der Waals surface area contributed by atoms with Gasteiger partial charge in [0.05, 0.1) is 5.60 Å². The molecule has 1 amide bonds. The van der Waals surface area contributed by atoms with Crippen molar-refractivity contribution in [2.75, 3.05) is 0 Å². The van der Waals surface area contributed by atoms with E-state index in [0.29, 0.717) is 12.8 Å². The van der Waals surface area contributed by atoms with E-state index in [1.54, 1.807) is 4.90 Å². The van der Waals surface area contributed by atoms with Crippen LogP contribution in [0.1, 0.15) is 47.0 Å². The Hall–Kier alpha value is -0.770. The van der Waals surface area contributed by atoms with Gasteiger partial charge in [0.1, 0.15) is 5.60 Å². The fraction of sp³-hybridized carbons (Fsp3) is 0.917. The van der Waals surface area contributed by atoms with Crippen molar-refractivity contribution in [3.8, 4) is 0 Å². The van der Waals surface area contributed by atoms with Crippen LogP contribution in [0, 0.1) is 0 Å². The van der Waals surface area contributed by atoms with Crippen molar-refractivity contribution in [2.24, 2.45) is 0 Å². The number of hydrogen-bond donors (Lipinski definition) is 1. The lowest BCUT2D eigenvalue weighted by Crippen LogP contribution is -2.67. The highest BCUT2D eigenvalue weighted by Crippen LogP contribution is 2.43. The van der Waals surface area contributed by atoms with E-state index in [1.165, 1.54) is 0 Å². The normalized spacial score (nSPS) is 37.9. The largest absolute Gasteiger partial charge is 0.444 e. The first-order valence-electron chi connectivity index (χ1n) is 5.92. The fourth-order valence-corrected chi connectivity index (χ4v) is 2.78. The summed E-state index contributed by atoms with van der Waals surface area (Å²) in [7, 11) is 0. The maximum absolute atomic E-state index is 11.9. The lowest BCUT2D eigenvalue weighted by molar-refractivity contribution is -0.122. The lowest BCUT2D eigenvalue weighted by Gasteiger charge is -2.56. The summed E-state index contributed by atoms with van der Waals surface area (Å²) in [6.07, 6.45) is 2.12. The molecule has 0 radical (unpaired) electrons. The number of carbonyl (C=O) groups excluding carboxylic acids is 1. The van der Waals surface area contributed by atoms with Crippen molar-refractivity contribution in [3.05, 3.63) is 0 Å². The third-order valence-electron chi connectivity index (χ3n) is 3.29. The minimum absolute atomic E-state index is 0.170. The van der Waals surface area contributed by atoms with Crippen LogP contribution >= 0.6 is 0 Å². The van der Waals surface area contributed by atoms with E-state index in [-0.39, 0.29) is 18.2 Å². The average molecular weight is 227 g/mol. The summed E-state index contributed by atoms with van der Waals surface area (Å²) in [5, 5.41) is 9.93. The highest BCUT2D eigenvalue weighted by atomic mass is 16.6. The van der Waals surface area contributed by atoms with Gasteiger partial charge in [0.25, 0.3) is 0 Å². The molecule has 2 unspecified atom stereocenters. The number of rotatable bonds is 0. The standard InChI is InChI=1S/C12H21NO3/c1-11(2,3)16-10(14)13-8-5-9(13)7-12(4,15)6-8/h8-9,15H,5-7H2,1-4H3. The van der Waals surface area contributed by atoms with E-state index in [2.05, 4.69) is 0 Å². The fourth-order valence-electron chi connectivity index (χ4n) is 2.78. The van der Waals surface area contributed by atoms with E-state index in [0.717, 1.165) is 6.42 Å². The number of fused-ring (bicyclic) bond motifs is 2. The lowest BCUT2D eigenvalue weighted by atomic mass is 9.72. The minimum atomic E-state index is -0.605.